The molecule has 1 N–H and O–H groups in total. The average Bonchev–Trinajstić information content (AvgIpc) is 2.79. The second-order valence-electron chi connectivity index (χ2n) is 5.10. The highest BCUT2D eigenvalue weighted by molar-refractivity contribution is 7.90. The van der Waals surface area contributed by atoms with Gasteiger partial charge in [-0.3, -0.25) is 4.79 Å². The smallest absolute Gasteiger partial charge is 0.265 e. The fourth-order valence-corrected chi connectivity index (χ4v) is 3.14. The number of benzene rings is 2. The standard InChI is InChI=1S/C16H14FNO5S/c17-12-4-2-11(3-5-12)16(19)18-24(20,21)13-6-7-14-15(10-13)23-9-1-8-22-14/h2-7,10H,1,8-9H2,(H,18,19). The van der Waals surface area contributed by atoms with Crippen molar-refractivity contribution in [3.63, 3.8) is 0 Å². The van der Waals surface area contributed by atoms with Crippen molar-refractivity contribution < 1.29 is 27.1 Å². The quantitative estimate of drug-likeness (QED) is 0.916. The summed E-state index contributed by atoms with van der Waals surface area (Å²) in [5.74, 6) is -0.597. The maximum absolute atomic E-state index is 12.9. The fourth-order valence-electron chi connectivity index (χ4n) is 2.15. The molecular formula is C16H14FNO5S. The van der Waals surface area contributed by atoms with Crippen LogP contribution >= 0.6 is 0 Å². The SMILES string of the molecule is O=C(NS(=O)(=O)c1ccc2c(c1)OCCCO2)c1ccc(F)cc1. The van der Waals surface area contributed by atoms with E-state index in [0.29, 0.717) is 31.1 Å². The summed E-state index contributed by atoms with van der Waals surface area (Å²) in [6.07, 6.45) is 0.693. The van der Waals surface area contributed by atoms with E-state index in [1.54, 1.807) is 0 Å². The summed E-state index contributed by atoms with van der Waals surface area (Å²) in [6, 6.07) is 8.68. The van der Waals surface area contributed by atoms with Crippen LogP contribution in [0, 0.1) is 5.82 Å². The Morgan fingerprint density at radius 1 is 1.00 bits per heavy atom. The lowest BCUT2D eigenvalue weighted by atomic mass is 10.2. The van der Waals surface area contributed by atoms with E-state index in [1.807, 2.05) is 4.72 Å². The highest BCUT2D eigenvalue weighted by Crippen LogP contribution is 2.31. The van der Waals surface area contributed by atoms with Gasteiger partial charge in [0.15, 0.2) is 11.5 Å². The van der Waals surface area contributed by atoms with E-state index in [1.165, 1.54) is 30.3 Å². The molecule has 0 aromatic heterocycles. The van der Waals surface area contributed by atoms with Gasteiger partial charge in [0.25, 0.3) is 15.9 Å². The van der Waals surface area contributed by atoms with Gasteiger partial charge in [0.1, 0.15) is 5.82 Å². The normalized spacial score (nSPS) is 13.9. The second-order valence-corrected chi connectivity index (χ2v) is 6.78. The minimum Gasteiger partial charge on any atom is -0.490 e. The number of halogens is 1. The van der Waals surface area contributed by atoms with Crippen molar-refractivity contribution in [1.29, 1.82) is 0 Å². The minimum atomic E-state index is -4.09. The van der Waals surface area contributed by atoms with Crippen LogP contribution < -0.4 is 14.2 Å². The zero-order valence-corrected chi connectivity index (χ0v) is 13.3. The Morgan fingerprint density at radius 2 is 1.67 bits per heavy atom. The van der Waals surface area contributed by atoms with Crippen molar-refractivity contribution in [1.82, 2.24) is 4.72 Å². The number of hydrogen-bond donors (Lipinski definition) is 1. The molecule has 1 aliphatic rings. The third-order valence-electron chi connectivity index (χ3n) is 3.36. The molecule has 0 saturated heterocycles. The number of nitrogens with one attached hydrogen (secondary N) is 1. The highest BCUT2D eigenvalue weighted by Gasteiger charge is 2.21. The number of carbonyl (C=O) groups excluding carboxylic acids is 1. The van der Waals surface area contributed by atoms with Crippen molar-refractivity contribution in [2.45, 2.75) is 11.3 Å². The Kier molecular flexibility index (Phi) is 4.39. The maximum Gasteiger partial charge on any atom is 0.265 e. The molecular weight excluding hydrogens is 337 g/mol. The van der Waals surface area contributed by atoms with Crippen molar-refractivity contribution in [3.05, 3.63) is 53.8 Å². The summed E-state index contributed by atoms with van der Waals surface area (Å²) >= 11 is 0. The first-order chi connectivity index (χ1) is 11.5. The Hall–Kier alpha value is -2.61. The van der Waals surface area contributed by atoms with E-state index >= 15 is 0 Å². The average molecular weight is 351 g/mol. The van der Waals surface area contributed by atoms with Crippen molar-refractivity contribution in [2.24, 2.45) is 0 Å². The van der Waals surface area contributed by atoms with Crippen LogP contribution in [0.25, 0.3) is 0 Å². The molecule has 0 fully saturated rings. The molecule has 126 valence electrons. The summed E-state index contributed by atoms with van der Waals surface area (Å²) in [5.41, 5.74) is 0.0364. The second kappa shape index (κ2) is 6.48. The first kappa shape index (κ1) is 16.3. The molecule has 0 bridgehead atoms. The van der Waals surface area contributed by atoms with Crippen LogP contribution in [0.15, 0.2) is 47.4 Å². The monoisotopic (exact) mass is 351 g/mol. The lowest BCUT2D eigenvalue weighted by Gasteiger charge is -2.11. The molecule has 0 saturated carbocycles. The predicted molar refractivity (Wildman–Crippen MR) is 83.1 cm³/mol. The zero-order valence-electron chi connectivity index (χ0n) is 12.5. The molecule has 1 heterocycles. The Balaban J connectivity index is 1.84. The first-order valence-corrected chi connectivity index (χ1v) is 8.66. The molecule has 0 spiro atoms. The third kappa shape index (κ3) is 3.48. The lowest BCUT2D eigenvalue weighted by Crippen LogP contribution is -2.30. The largest absolute Gasteiger partial charge is 0.490 e. The van der Waals surface area contributed by atoms with Crippen LogP contribution in [0.4, 0.5) is 4.39 Å². The number of ether oxygens (including phenoxy) is 2. The fraction of sp³-hybridized carbons (Fsp3) is 0.188. The molecule has 2 aromatic carbocycles. The molecule has 0 atom stereocenters. The van der Waals surface area contributed by atoms with E-state index in [4.69, 9.17) is 9.47 Å². The van der Waals surface area contributed by atoms with Crippen LogP contribution in [0.5, 0.6) is 11.5 Å². The predicted octanol–water partition coefficient (Wildman–Crippen LogP) is 2.11. The van der Waals surface area contributed by atoms with Gasteiger partial charge >= 0.3 is 0 Å². The number of hydrogen-bond acceptors (Lipinski definition) is 5. The Morgan fingerprint density at radius 3 is 2.38 bits per heavy atom. The van der Waals surface area contributed by atoms with Crippen LogP contribution in [0.3, 0.4) is 0 Å². The van der Waals surface area contributed by atoms with Gasteiger partial charge in [-0.25, -0.2) is 17.5 Å². The topological polar surface area (TPSA) is 81.7 Å². The zero-order chi connectivity index (χ0) is 17.2. The van der Waals surface area contributed by atoms with Gasteiger partial charge in [0, 0.05) is 18.1 Å². The highest BCUT2D eigenvalue weighted by atomic mass is 32.2. The molecule has 0 unspecified atom stereocenters. The number of carbonyl (C=O) groups is 1. The molecule has 0 aliphatic carbocycles. The van der Waals surface area contributed by atoms with Crippen molar-refractivity contribution in [3.8, 4) is 11.5 Å². The van der Waals surface area contributed by atoms with Crippen molar-refractivity contribution >= 4 is 15.9 Å². The first-order valence-electron chi connectivity index (χ1n) is 7.18. The van der Waals surface area contributed by atoms with Gasteiger partial charge in [-0.1, -0.05) is 0 Å². The van der Waals surface area contributed by atoms with Crippen LogP contribution in [-0.4, -0.2) is 27.5 Å². The molecule has 24 heavy (non-hydrogen) atoms. The van der Waals surface area contributed by atoms with Crippen LogP contribution in [0.1, 0.15) is 16.8 Å². The van der Waals surface area contributed by atoms with E-state index < -0.39 is 21.7 Å². The summed E-state index contributed by atoms with van der Waals surface area (Å²) in [4.78, 5) is 11.9. The Labute approximate surface area is 138 Å². The lowest BCUT2D eigenvalue weighted by molar-refractivity contribution is 0.0981. The van der Waals surface area contributed by atoms with E-state index in [0.717, 1.165) is 12.1 Å². The van der Waals surface area contributed by atoms with Gasteiger partial charge in [-0.05, 0) is 36.4 Å². The molecule has 1 amide bonds. The maximum atomic E-state index is 12.9. The minimum absolute atomic E-state index is 0.0364. The van der Waals surface area contributed by atoms with Crippen LogP contribution in [0.2, 0.25) is 0 Å². The number of fused-ring (bicyclic) bond motifs is 1. The molecule has 2 aromatic rings. The van der Waals surface area contributed by atoms with Gasteiger partial charge in [-0.2, -0.15) is 0 Å². The molecule has 8 heteroatoms. The van der Waals surface area contributed by atoms with Crippen molar-refractivity contribution in [2.75, 3.05) is 13.2 Å². The number of amides is 1. The van der Waals surface area contributed by atoms with Gasteiger partial charge in [0.2, 0.25) is 0 Å². The number of rotatable bonds is 3. The van der Waals surface area contributed by atoms with Gasteiger partial charge in [-0.15, -0.1) is 0 Å². The van der Waals surface area contributed by atoms with E-state index in [2.05, 4.69) is 0 Å². The molecule has 3 rings (SSSR count). The summed E-state index contributed by atoms with van der Waals surface area (Å²) in [7, 11) is -4.09. The number of sulfonamides is 1. The summed E-state index contributed by atoms with van der Waals surface area (Å²) in [6.45, 7) is 0.902. The van der Waals surface area contributed by atoms with Crippen LogP contribution in [-0.2, 0) is 10.0 Å². The molecule has 0 radical (unpaired) electrons. The Bertz CT molecular complexity index is 865. The van der Waals surface area contributed by atoms with Gasteiger partial charge in [0.05, 0.1) is 18.1 Å². The van der Waals surface area contributed by atoms with E-state index in [9.17, 15) is 17.6 Å². The summed E-state index contributed by atoms with van der Waals surface area (Å²) in [5, 5.41) is 0. The molecule has 6 nitrogen and oxygen atoms in total. The third-order valence-corrected chi connectivity index (χ3v) is 4.69. The molecule has 1 aliphatic heterocycles. The van der Waals surface area contributed by atoms with E-state index in [-0.39, 0.29) is 10.5 Å². The van der Waals surface area contributed by atoms with Gasteiger partial charge < -0.3 is 9.47 Å². The summed E-state index contributed by atoms with van der Waals surface area (Å²) < 4.78 is 50.4.